The number of carbonyl (C=O) groups is 1. The molecule has 0 radical (unpaired) electrons. The smallest absolute Gasteiger partial charge is 0.232 e. The van der Waals surface area contributed by atoms with Crippen LogP contribution >= 0.6 is 0 Å². The van der Waals surface area contributed by atoms with Crippen LogP contribution in [0.25, 0.3) is 0 Å². The molecule has 1 rings (SSSR count). The minimum atomic E-state index is -3.51. The van der Waals surface area contributed by atoms with E-state index in [-0.39, 0.29) is 18.9 Å². The highest BCUT2D eigenvalue weighted by molar-refractivity contribution is 7.92. The van der Waals surface area contributed by atoms with Crippen molar-refractivity contribution in [3.05, 3.63) is 29.8 Å². The van der Waals surface area contributed by atoms with Gasteiger partial charge in [-0.05, 0) is 24.3 Å². The minimum Gasteiger partial charge on any atom is -0.383 e. The number of benzene rings is 1. The molecule has 1 aromatic carbocycles. The Labute approximate surface area is 130 Å². The van der Waals surface area contributed by atoms with E-state index in [0.717, 1.165) is 10.6 Å². The van der Waals surface area contributed by atoms with Gasteiger partial charge in [0.15, 0.2) is 0 Å². The van der Waals surface area contributed by atoms with Crippen LogP contribution in [0.3, 0.4) is 0 Å². The molecule has 0 aliphatic heterocycles. The number of nitriles is 1. The van der Waals surface area contributed by atoms with Crippen molar-refractivity contribution in [2.45, 2.75) is 6.42 Å². The van der Waals surface area contributed by atoms with Crippen molar-refractivity contribution in [3.8, 4) is 6.07 Å². The molecule has 8 heteroatoms. The normalized spacial score (nSPS) is 10.8. The van der Waals surface area contributed by atoms with Crippen LogP contribution in [0.15, 0.2) is 24.3 Å². The summed E-state index contributed by atoms with van der Waals surface area (Å²) in [7, 11) is -1.98. The fourth-order valence-corrected chi connectivity index (χ4v) is 2.70. The molecule has 0 saturated heterocycles. The zero-order chi connectivity index (χ0) is 16.6. The van der Waals surface area contributed by atoms with Crippen molar-refractivity contribution in [3.63, 3.8) is 0 Å². The molecule has 0 atom stereocenters. The number of ether oxygens (including phenoxy) is 1. The standard InChI is InChI=1S/C14H19N3O4S/c1-21-10-8-16-14(18)7-9-17(22(2,19)20)13-5-3-12(11-15)4-6-13/h3-6H,7-10H2,1-2H3,(H,16,18). The van der Waals surface area contributed by atoms with E-state index in [1.54, 1.807) is 12.1 Å². The molecule has 0 spiro atoms. The van der Waals surface area contributed by atoms with Crippen molar-refractivity contribution in [2.75, 3.05) is 37.4 Å². The number of amides is 1. The molecule has 0 heterocycles. The van der Waals surface area contributed by atoms with E-state index < -0.39 is 10.0 Å². The van der Waals surface area contributed by atoms with E-state index in [2.05, 4.69) is 5.32 Å². The van der Waals surface area contributed by atoms with Gasteiger partial charge >= 0.3 is 0 Å². The minimum absolute atomic E-state index is 0.0313. The lowest BCUT2D eigenvalue weighted by Gasteiger charge is -2.22. The van der Waals surface area contributed by atoms with Crippen LogP contribution < -0.4 is 9.62 Å². The highest BCUT2D eigenvalue weighted by atomic mass is 32.2. The number of rotatable bonds is 8. The van der Waals surface area contributed by atoms with Gasteiger partial charge in [0.2, 0.25) is 15.9 Å². The molecule has 0 bridgehead atoms. The average Bonchev–Trinajstić information content (AvgIpc) is 2.47. The summed E-state index contributed by atoms with van der Waals surface area (Å²) in [5.74, 6) is -0.251. The molecule has 0 unspecified atom stereocenters. The number of anilines is 1. The van der Waals surface area contributed by atoms with Gasteiger partial charge in [-0.15, -0.1) is 0 Å². The number of methoxy groups -OCH3 is 1. The van der Waals surface area contributed by atoms with E-state index in [1.807, 2.05) is 6.07 Å². The SMILES string of the molecule is COCCNC(=O)CCN(c1ccc(C#N)cc1)S(C)(=O)=O. The molecular weight excluding hydrogens is 306 g/mol. The van der Waals surface area contributed by atoms with Gasteiger partial charge < -0.3 is 10.1 Å². The molecule has 0 aliphatic carbocycles. The maximum absolute atomic E-state index is 11.9. The van der Waals surface area contributed by atoms with Crippen LogP contribution in [0.2, 0.25) is 0 Å². The van der Waals surface area contributed by atoms with E-state index in [0.29, 0.717) is 24.4 Å². The van der Waals surface area contributed by atoms with Crippen molar-refractivity contribution >= 4 is 21.6 Å². The molecule has 22 heavy (non-hydrogen) atoms. The first-order chi connectivity index (χ1) is 10.4. The number of hydrogen-bond donors (Lipinski definition) is 1. The van der Waals surface area contributed by atoms with Crippen LogP contribution in [0.5, 0.6) is 0 Å². The molecule has 0 aromatic heterocycles. The molecule has 7 nitrogen and oxygen atoms in total. The number of sulfonamides is 1. The van der Waals surface area contributed by atoms with Gasteiger partial charge in [-0.2, -0.15) is 5.26 Å². The van der Waals surface area contributed by atoms with Gasteiger partial charge in [0.1, 0.15) is 0 Å². The predicted molar refractivity (Wildman–Crippen MR) is 82.8 cm³/mol. The van der Waals surface area contributed by atoms with Crippen molar-refractivity contribution in [1.29, 1.82) is 5.26 Å². The Morgan fingerprint density at radius 3 is 2.50 bits per heavy atom. The second-order valence-electron chi connectivity index (χ2n) is 4.59. The van der Waals surface area contributed by atoms with Gasteiger partial charge in [0, 0.05) is 26.6 Å². The Kier molecular flexibility index (Phi) is 6.82. The lowest BCUT2D eigenvalue weighted by atomic mass is 10.2. The van der Waals surface area contributed by atoms with Crippen molar-refractivity contribution in [2.24, 2.45) is 0 Å². The van der Waals surface area contributed by atoms with Crippen molar-refractivity contribution in [1.82, 2.24) is 5.32 Å². The first-order valence-electron chi connectivity index (χ1n) is 6.62. The van der Waals surface area contributed by atoms with E-state index in [4.69, 9.17) is 10.00 Å². The first-order valence-corrected chi connectivity index (χ1v) is 8.47. The first kappa shape index (κ1) is 17.9. The van der Waals surface area contributed by atoms with E-state index in [9.17, 15) is 13.2 Å². The fourth-order valence-electron chi connectivity index (χ4n) is 1.77. The summed E-state index contributed by atoms with van der Waals surface area (Å²) < 4.78 is 29.7. The summed E-state index contributed by atoms with van der Waals surface area (Å²) in [5, 5.41) is 11.4. The molecule has 0 fully saturated rings. The van der Waals surface area contributed by atoms with Gasteiger partial charge in [-0.3, -0.25) is 9.10 Å². The predicted octanol–water partition coefficient (Wildman–Crippen LogP) is 0.477. The van der Waals surface area contributed by atoms with Crippen LogP contribution in [-0.2, 0) is 19.6 Å². The number of carbonyl (C=O) groups excluding carboxylic acids is 1. The average molecular weight is 325 g/mol. The number of nitrogens with zero attached hydrogens (tertiary/aromatic N) is 2. The van der Waals surface area contributed by atoms with E-state index in [1.165, 1.54) is 19.2 Å². The summed E-state index contributed by atoms with van der Waals surface area (Å²) in [6, 6.07) is 8.12. The third-order valence-electron chi connectivity index (χ3n) is 2.86. The summed E-state index contributed by atoms with van der Waals surface area (Å²) in [5.41, 5.74) is 0.862. The van der Waals surface area contributed by atoms with Crippen LogP contribution in [-0.4, -0.2) is 47.4 Å². The highest BCUT2D eigenvalue weighted by Crippen LogP contribution is 2.18. The monoisotopic (exact) mass is 325 g/mol. The second-order valence-corrected chi connectivity index (χ2v) is 6.49. The maximum atomic E-state index is 11.9. The molecule has 1 amide bonds. The quantitative estimate of drug-likeness (QED) is 0.701. The highest BCUT2D eigenvalue weighted by Gasteiger charge is 2.18. The van der Waals surface area contributed by atoms with Crippen molar-refractivity contribution < 1.29 is 17.9 Å². The van der Waals surface area contributed by atoms with Crippen LogP contribution in [0, 0.1) is 11.3 Å². The van der Waals surface area contributed by atoms with E-state index >= 15 is 0 Å². The van der Waals surface area contributed by atoms with Gasteiger partial charge in [0.05, 0.1) is 30.2 Å². The van der Waals surface area contributed by atoms with Crippen LogP contribution in [0.1, 0.15) is 12.0 Å². The molecule has 0 aliphatic rings. The topological polar surface area (TPSA) is 99.5 Å². The Morgan fingerprint density at radius 1 is 1.36 bits per heavy atom. The third-order valence-corrected chi connectivity index (χ3v) is 4.05. The summed E-state index contributed by atoms with van der Waals surface area (Å²) in [4.78, 5) is 11.6. The molecule has 1 N–H and O–H groups in total. The molecular formula is C14H19N3O4S. The number of hydrogen-bond acceptors (Lipinski definition) is 5. The molecule has 1 aromatic rings. The Morgan fingerprint density at radius 2 is 2.00 bits per heavy atom. The Hall–Kier alpha value is -2.11. The lowest BCUT2D eigenvalue weighted by Crippen LogP contribution is -2.35. The van der Waals surface area contributed by atoms with Crippen LogP contribution in [0.4, 0.5) is 5.69 Å². The largest absolute Gasteiger partial charge is 0.383 e. The lowest BCUT2D eigenvalue weighted by molar-refractivity contribution is -0.121. The number of nitrogens with one attached hydrogen (secondary N) is 1. The maximum Gasteiger partial charge on any atom is 0.232 e. The zero-order valence-electron chi connectivity index (χ0n) is 12.6. The van der Waals surface area contributed by atoms with Gasteiger partial charge in [0.25, 0.3) is 0 Å². The van der Waals surface area contributed by atoms with Gasteiger partial charge in [-0.25, -0.2) is 8.42 Å². The summed E-state index contributed by atoms with van der Waals surface area (Å²) in [6.45, 7) is 0.811. The molecule has 120 valence electrons. The second kappa shape index (κ2) is 8.36. The zero-order valence-corrected chi connectivity index (χ0v) is 13.4. The summed E-state index contributed by atoms with van der Waals surface area (Å²) in [6.07, 6.45) is 1.12. The summed E-state index contributed by atoms with van der Waals surface area (Å²) >= 11 is 0. The third kappa shape index (κ3) is 5.71. The Balaban J connectivity index is 2.74. The molecule has 0 saturated carbocycles. The van der Waals surface area contributed by atoms with Gasteiger partial charge in [-0.1, -0.05) is 0 Å². The Bertz CT molecular complexity index is 635. The fraction of sp³-hybridized carbons (Fsp3) is 0.429.